The molecule has 3 aromatic rings. The van der Waals surface area contributed by atoms with Gasteiger partial charge >= 0.3 is 5.97 Å². The zero-order chi connectivity index (χ0) is 19.5. The minimum absolute atomic E-state index is 0.263. The van der Waals surface area contributed by atoms with E-state index in [1.807, 2.05) is 54.3 Å². The summed E-state index contributed by atoms with van der Waals surface area (Å²) in [6.45, 7) is 0.716. The second-order valence-electron chi connectivity index (χ2n) is 6.75. The standard InChI is InChI=1S/C21H21N3O4/c1-23-19-11-16(2-5-17(19)12-22-23)13-28-18-6-3-15(4-7-18)10-20(21(25)26)24-8-9-27-14-24/h2-9,11-12,20H,10,13-14H2,1H3,(H,25,26). The van der Waals surface area contributed by atoms with Crippen molar-refractivity contribution in [3.63, 3.8) is 0 Å². The van der Waals surface area contributed by atoms with Crippen LogP contribution in [-0.2, 0) is 29.6 Å². The first kappa shape index (κ1) is 17.9. The van der Waals surface area contributed by atoms with E-state index in [4.69, 9.17) is 9.47 Å². The van der Waals surface area contributed by atoms with E-state index in [1.54, 1.807) is 11.1 Å². The number of nitrogens with zero attached hydrogens (tertiary/aromatic N) is 3. The van der Waals surface area contributed by atoms with Crippen molar-refractivity contribution in [2.45, 2.75) is 19.1 Å². The molecule has 0 fully saturated rings. The van der Waals surface area contributed by atoms with Crippen LogP contribution in [0.3, 0.4) is 0 Å². The van der Waals surface area contributed by atoms with Gasteiger partial charge in [0, 0.05) is 25.1 Å². The predicted molar refractivity (Wildman–Crippen MR) is 104 cm³/mol. The van der Waals surface area contributed by atoms with Crippen molar-refractivity contribution in [2.75, 3.05) is 6.73 Å². The molecule has 1 atom stereocenters. The molecule has 0 saturated heterocycles. The lowest BCUT2D eigenvalue weighted by Gasteiger charge is -2.22. The summed E-state index contributed by atoms with van der Waals surface area (Å²) in [5.74, 6) is -0.133. The third-order valence-corrected chi connectivity index (χ3v) is 4.83. The number of aromatic nitrogens is 2. The lowest BCUT2D eigenvalue weighted by atomic mass is 10.1. The number of carbonyl (C=O) groups is 1. The van der Waals surface area contributed by atoms with Crippen LogP contribution in [0.15, 0.2) is 61.1 Å². The first-order valence-corrected chi connectivity index (χ1v) is 8.99. The zero-order valence-electron chi connectivity index (χ0n) is 15.5. The molecule has 7 heteroatoms. The van der Waals surface area contributed by atoms with Crippen molar-refractivity contribution in [3.8, 4) is 5.75 Å². The van der Waals surface area contributed by atoms with E-state index < -0.39 is 12.0 Å². The summed E-state index contributed by atoms with van der Waals surface area (Å²) in [7, 11) is 1.92. The molecule has 0 spiro atoms. The topological polar surface area (TPSA) is 76.8 Å². The van der Waals surface area contributed by atoms with Gasteiger partial charge in [0.25, 0.3) is 0 Å². The average molecular weight is 379 g/mol. The van der Waals surface area contributed by atoms with Crippen molar-refractivity contribution in [1.29, 1.82) is 0 Å². The van der Waals surface area contributed by atoms with Crippen LogP contribution in [0.5, 0.6) is 5.75 Å². The number of ether oxygens (including phenoxy) is 2. The van der Waals surface area contributed by atoms with Gasteiger partial charge in [-0.05, 0) is 29.3 Å². The first-order chi connectivity index (χ1) is 13.6. The van der Waals surface area contributed by atoms with Crippen molar-refractivity contribution < 1.29 is 19.4 Å². The molecule has 7 nitrogen and oxygen atoms in total. The molecule has 1 aliphatic heterocycles. The van der Waals surface area contributed by atoms with Crippen LogP contribution in [0.2, 0.25) is 0 Å². The molecule has 0 radical (unpaired) electrons. The fourth-order valence-corrected chi connectivity index (χ4v) is 3.22. The second kappa shape index (κ2) is 7.64. The Hall–Kier alpha value is -3.48. The normalized spacial score (nSPS) is 14.2. The van der Waals surface area contributed by atoms with E-state index in [2.05, 4.69) is 11.2 Å². The lowest BCUT2D eigenvalue weighted by Crippen LogP contribution is -2.38. The summed E-state index contributed by atoms with van der Waals surface area (Å²) in [5.41, 5.74) is 3.05. The average Bonchev–Trinajstić information content (AvgIpc) is 3.35. The van der Waals surface area contributed by atoms with Gasteiger partial charge in [0.15, 0.2) is 6.73 Å². The van der Waals surface area contributed by atoms with Gasteiger partial charge in [-0.15, -0.1) is 0 Å². The van der Waals surface area contributed by atoms with Gasteiger partial charge in [-0.2, -0.15) is 5.10 Å². The van der Waals surface area contributed by atoms with Crippen LogP contribution in [-0.4, -0.2) is 38.5 Å². The van der Waals surface area contributed by atoms with E-state index in [1.165, 1.54) is 6.26 Å². The number of hydrogen-bond acceptors (Lipinski definition) is 5. The highest BCUT2D eigenvalue weighted by Crippen LogP contribution is 2.20. The number of rotatable bonds is 7. The van der Waals surface area contributed by atoms with Crippen LogP contribution >= 0.6 is 0 Å². The molecule has 0 aliphatic carbocycles. The van der Waals surface area contributed by atoms with Gasteiger partial charge < -0.3 is 19.5 Å². The summed E-state index contributed by atoms with van der Waals surface area (Å²) in [5, 5.41) is 14.8. The van der Waals surface area contributed by atoms with E-state index in [9.17, 15) is 9.90 Å². The maximum atomic E-state index is 11.6. The number of carboxylic acids is 1. The van der Waals surface area contributed by atoms with Crippen molar-refractivity contribution in [3.05, 3.63) is 72.3 Å². The van der Waals surface area contributed by atoms with Gasteiger partial charge in [-0.25, -0.2) is 4.79 Å². The number of aryl methyl sites for hydroxylation is 1. The summed E-state index contributed by atoms with van der Waals surface area (Å²) >= 11 is 0. The summed E-state index contributed by atoms with van der Waals surface area (Å²) < 4.78 is 12.8. The lowest BCUT2D eigenvalue weighted by molar-refractivity contribution is -0.142. The Balaban J connectivity index is 1.39. The third kappa shape index (κ3) is 3.78. The van der Waals surface area contributed by atoms with Crippen molar-refractivity contribution in [2.24, 2.45) is 7.05 Å². The molecule has 0 amide bonds. The fraction of sp³-hybridized carbons (Fsp3) is 0.238. The van der Waals surface area contributed by atoms with Crippen molar-refractivity contribution in [1.82, 2.24) is 14.7 Å². The summed E-state index contributed by atoms with van der Waals surface area (Å²) in [6.07, 6.45) is 5.40. The number of aliphatic carboxylic acids is 1. The van der Waals surface area contributed by atoms with Gasteiger partial charge in [-0.1, -0.05) is 24.3 Å². The molecule has 0 bridgehead atoms. The van der Waals surface area contributed by atoms with E-state index in [0.29, 0.717) is 13.0 Å². The monoisotopic (exact) mass is 379 g/mol. The molecule has 144 valence electrons. The Bertz CT molecular complexity index is 1010. The van der Waals surface area contributed by atoms with Crippen LogP contribution in [0.1, 0.15) is 11.1 Å². The Kier molecular flexibility index (Phi) is 4.89. The van der Waals surface area contributed by atoms with Gasteiger partial charge in [0.05, 0.1) is 11.7 Å². The number of fused-ring (bicyclic) bond motifs is 1. The maximum absolute atomic E-state index is 11.6. The Morgan fingerprint density at radius 2 is 2.04 bits per heavy atom. The third-order valence-electron chi connectivity index (χ3n) is 4.83. The first-order valence-electron chi connectivity index (χ1n) is 8.99. The summed E-state index contributed by atoms with van der Waals surface area (Å²) in [6, 6.07) is 13.0. The maximum Gasteiger partial charge on any atom is 0.326 e. The quantitative estimate of drug-likeness (QED) is 0.680. The Labute approximate surface area is 162 Å². The molecule has 2 aromatic carbocycles. The molecule has 1 N–H and O–H groups in total. The Morgan fingerprint density at radius 3 is 2.75 bits per heavy atom. The molecule has 0 saturated carbocycles. The highest BCUT2D eigenvalue weighted by Gasteiger charge is 2.25. The van der Waals surface area contributed by atoms with Crippen molar-refractivity contribution >= 4 is 16.9 Å². The smallest absolute Gasteiger partial charge is 0.326 e. The molecule has 2 heterocycles. The van der Waals surface area contributed by atoms with Gasteiger partial charge in [-0.3, -0.25) is 4.68 Å². The van der Waals surface area contributed by atoms with Crippen LogP contribution in [0.25, 0.3) is 10.9 Å². The summed E-state index contributed by atoms with van der Waals surface area (Å²) in [4.78, 5) is 13.2. The number of hydrogen-bond donors (Lipinski definition) is 1. The molecule has 1 aromatic heterocycles. The van der Waals surface area contributed by atoms with E-state index >= 15 is 0 Å². The second-order valence-corrected chi connectivity index (χ2v) is 6.75. The SMILES string of the molecule is Cn1ncc2ccc(COc3ccc(CC(C(=O)O)N4C=COC4)cc3)cc21. The van der Waals surface area contributed by atoms with E-state index in [0.717, 1.165) is 27.8 Å². The number of carboxylic acid groups (broad SMARTS) is 1. The molecule has 1 unspecified atom stereocenters. The highest BCUT2D eigenvalue weighted by atomic mass is 16.5. The fourth-order valence-electron chi connectivity index (χ4n) is 3.22. The predicted octanol–water partition coefficient (Wildman–Crippen LogP) is 2.91. The highest BCUT2D eigenvalue weighted by molar-refractivity contribution is 5.79. The molecule has 1 aliphatic rings. The largest absolute Gasteiger partial charge is 0.489 e. The van der Waals surface area contributed by atoms with E-state index in [-0.39, 0.29) is 6.73 Å². The Morgan fingerprint density at radius 1 is 1.25 bits per heavy atom. The molecular formula is C21H21N3O4. The van der Waals surface area contributed by atoms with Crippen LogP contribution in [0.4, 0.5) is 0 Å². The molecule has 28 heavy (non-hydrogen) atoms. The molecular weight excluding hydrogens is 358 g/mol. The number of benzene rings is 2. The van der Waals surface area contributed by atoms with Crippen LogP contribution < -0.4 is 4.74 Å². The molecule has 4 rings (SSSR count). The minimum atomic E-state index is -0.874. The van der Waals surface area contributed by atoms with Gasteiger partial charge in [0.1, 0.15) is 24.7 Å². The zero-order valence-corrected chi connectivity index (χ0v) is 15.5. The van der Waals surface area contributed by atoms with Crippen LogP contribution in [0, 0.1) is 0 Å². The minimum Gasteiger partial charge on any atom is -0.489 e. The van der Waals surface area contributed by atoms with Gasteiger partial charge in [0.2, 0.25) is 0 Å².